The molecule has 0 aliphatic carbocycles. The van der Waals surface area contributed by atoms with Crippen molar-refractivity contribution in [3.05, 3.63) is 158 Å². The summed E-state index contributed by atoms with van der Waals surface area (Å²) in [7, 11) is 6.66. The Bertz CT molecular complexity index is 2560. The predicted octanol–water partition coefficient (Wildman–Crippen LogP) is 5.81. The van der Waals surface area contributed by atoms with Gasteiger partial charge in [0.1, 0.15) is 24.0 Å². The molecule has 0 fully saturated rings. The van der Waals surface area contributed by atoms with Crippen molar-refractivity contribution < 1.29 is 47.6 Å². The number of halogens is 1. The summed E-state index contributed by atoms with van der Waals surface area (Å²) in [5.41, 5.74) is 11.6. The molecule has 53 heavy (non-hydrogen) atoms. The summed E-state index contributed by atoms with van der Waals surface area (Å²) in [6, 6.07) is 41.1. The molecule has 0 radical (unpaired) electrons. The SMILES string of the molecule is COC(=O)c1cc2c(-c3cccc(-c4ccccc4)c3)c[n+](C)cc2n1C.COC(=O)c1cc2c(-c3cccc(-c4ccccc4)c3)cncc2[nH]1.[I-]. The zero-order chi connectivity index (χ0) is 36.2. The molecule has 0 spiro atoms. The summed E-state index contributed by atoms with van der Waals surface area (Å²) in [4.78, 5) is 31.3. The molecule has 0 aliphatic rings. The number of H-pyrrole nitrogens is 1. The molecule has 0 bridgehead atoms. The number of nitrogens with zero attached hydrogens (tertiary/aromatic N) is 3. The average molecular weight is 813 g/mol. The third-order valence-electron chi connectivity index (χ3n) is 9.14. The molecular formula is C44H37IN4O4. The number of hydrogen-bond acceptors (Lipinski definition) is 5. The van der Waals surface area contributed by atoms with Gasteiger partial charge < -0.3 is 43.0 Å². The molecule has 0 aliphatic heterocycles. The van der Waals surface area contributed by atoms with E-state index >= 15 is 0 Å². The summed E-state index contributed by atoms with van der Waals surface area (Å²) in [6.07, 6.45) is 7.65. The van der Waals surface area contributed by atoms with E-state index in [9.17, 15) is 9.59 Å². The van der Waals surface area contributed by atoms with Gasteiger partial charge in [-0.05, 0) is 57.6 Å². The second-order valence-corrected chi connectivity index (χ2v) is 12.4. The van der Waals surface area contributed by atoms with Gasteiger partial charge in [0.2, 0.25) is 0 Å². The van der Waals surface area contributed by atoms with E-state index in [1.54, 1.807) is 6.20 Å². The highest BCUT2D eigenvalue weighted by molar-refractivity contribution is 6.02. The summed E-state index contributed by atoms with van der Waals surface area (Å²) < 4.78 is 13.6. The largest absolute Gasteiger partial charge is 1.00 e. The summed E-state index contributed by atoms with van der Waals surface area (Å²) in [6.45, 7) is 0. The van der Waals surface area contributed by atoms with E-state index in [0.29, 0.717) is 11.4 Å². The van der Waals surface area contributed by atoms with Crippen LogP contribution in [0.2, 0.25) is 0 Å². The molecule has 264 valence electrons. The summed E-state index contributed by atoms with van der Waals surface area (Å²) in [5.74, 6) is -0.722. The number of methoxy groups -OCH3 is 2. The monoisotopic (exact) mass is 812 g/mol. The van der Waals surface area contributed by atoms with Gasteiger partial charge in [-0.2, -0.15) is 0 Å². The van der Waals surface area contributed by atoms with E-state index in [0.717, 1.165) is 60.8 Å². The summed E-state index contributed by atoms with van der Waals surface area (Å²) >= 11 is 0. The quantitative estimate of drug-likeness (QED) is 0.130. The summed E-state index contributed by atoms with van der Waals surface area (Å²) in [5, 5.41) is 1.97. The maximum Gasteiger partial charge on any atom is 0.354 e. The van der Waals surface area contributed by atoms with Crippen molar-refractivity contribution in [2.75, 3.05) is 14.2 Å². The zero-order valence-electron chi connectivity index (χ0n) is 29.7. The van der Waals surface area contributed by atoms with E-state index in [1.165, 1.54) is 19.8 Å². The molecular weight excluding hydrogens is 775 g/mol. The third kappa shape index (κ3) is 7.61. The van der Waals surface area contributed by atoms with Crippen molar-refractivity contribution in [2.45, 2.75) is 0 Å². The minimum Gasteiger partial charge on any atom is -1.00 e. The molecule has 1 N–H and O–H groups in total. The molecule has 9 heteroatoms. The Balaban J connectivity index is 0.000000178. The maximum atomic E-state index is 12.1. The van der Waals surface area contributed by atoms with E-state index in [2.05, 4.69) is 76.8 Å². The second kappa shape index (κ2) is 16.1. The van der Waals surface area contributed by atoms with Crippen LogP contribution in [0, 0.1) is 0 Å². The van der Waals surface area contributed by atoms with Crippen LogP contribution in [0.5, 0.6) is 0 Å². The molecule has 4 aromatic carbocycles. The van der Waals surface area contributed by atoms with E-state index in [4.69, 9.17) is 9.47 Å². The van der Waals surface area contributed by atoms with Crippen molar-refractivity contribution in [1.82, 2.24) is 14.5 Å². The number of pyridine rings is 2. The van der Waals surface area contributed by atoms with Crippen LogP contribution < -0.4 is 28.5 Å². The van der Waals surface area contributed by atoms with Crippen LogP contribution in [0.3, 0.4) is 0 Å². The van der Waals surface area contributed by atoms with Crippen LogP contribution in [0.1, 0.15) is 21.0 Å². The second-order valence-electron chi connectivity index (χ2n) is 12.4. The highest BCUT2D eigenvalue weighted by Gasteiger charge is 2.20. The minimum atomic E-state index is -0.389. The first-order valence-corrected chi connectivity index (χ1v) is 16.8. The first-order chi connectivity index (χ1) is 25.3. The highest BCUT2D eigenvalue weighted by atomic mass is 127. The van der Waals surface area contributed by atoms with Gasteiger partial charge in [-0.1, -0.05) is 97.1 Å². The number of benzene rings is 4. The number of ether oxygens (including phenoxy) is 2. The number of carbonyl (C=O) groups is 2. The minimum absolute atomic E-state index is 0. The van der Waals surface area contributed by atoms with Crippen LogP contribution in [0.15, 0.2) is 146 Å². The standard InChI is InChI=1S/C23H21N2O2.C21H16N2O2.HI/c1-24-14-20(19-13-21(23(26)27-3)25(2)22(19)15-24)18-11-7-10-17(12-18)16-8-5-4-6-9-16;1-25-21(24)19-11-17-18(12-22-13-20(17)23-19)16-9-5-8-15(10-16)14-6-3-2-4-7-14;/h4-15H,1-3H3;2-13,23H,1H3;1H/q+1;;/p-1. The molecule has 0 unspecified atom stereocenters. The van der Waals surface area contributed by atoms with Gasteiger partial charge in [0.05, 0.1) is 31.5 Å². The van der Waals surface area contributed by atoms with E-state index < -0.39 is 0 Å². The number of rotatable bonds is 6. The third-order valence-corrected chi connectivity index (χ3v) is 9.14. The van der Waals surface area contributed by atoms with Crippen LogP contribution in [-0.2, 0) is 23.6 Å². The van der Waals surface area contributed by atoms with Crippen LogP contribution in [-0.4, -0.2) is 40.7 Å². The van der Waals surface area contributed by atoms with Gasteiger partial charge in [0.15, 0.2) is 12.4 Å². The lowest BCUT2D eigenvalue weighted by Gasteiger charge is -2.07. The molecule has 0 amide bonds. The number of hydrogen-bond donors (Lipinski definition) is 1. The molecule has 4 heterocycles. The maximum absolute atomic E-state index is 12.1. The van der Waals surface area contributed by atoms with Gasteiger partial charge >= 0.3 is 11.9 Å². The molecule has 0 atom stereocenters. The number of aryl methyl sites for hydroxylation is 2. The fourth-order valence-corrected chi connectivity index (χ4v) is 6.52. The first-order valence-electron chi connectivity index (χ1n) is 16.8. The van der Waals surface area contributed by atoms with E-state index in [-0.39, 0.29) is 35.9 Å². The smallest absolute Gasteiger partial charge is 0.354 e. The Morgan fingerprint density at radius 2 is 1.17 bits per heavy atom. The number of esters is 2. The first kappa shape index (κ1) is 36.7. The van der Waals surface area contributed by atoms with Crippen molar-refractivity contribution >= 4 is 33.7 Å². The highest BCUT2D eigenvalue weighted by Crippen LogP contribution is 2.33. The average Bonchev–Trinajstić information content (AvgIpc) is 3.79. The fourth-order valence-electron chi connectivity index (χ4n) is 6.52. The lowest BCUT2D eigenvalue weighted by atomic mass is 9.98. The number of fused-ring (bicyclic) bond motifs is 2. The number of aromatic amines is 1. The Morgan fingerprint density at radius 1 is 0.623 bits per heavy atom. The Labute approximate surface area is 324 Å². The lowest BCUT2D eigenvalue weighted by molar-refractivity contribution is -0.669. The molecule has 0 saturated carbocycles. The van der Waals surface area contributed by atoms with Crippen molar-refractivity contribution in [3.63, 3.8) is 0 Å². The molecule has 4 aromatic heterocycles. The normalized spacial score (nSPS) is 10.6. The van der Waals surface area contributed by atoms with Gasteiger partial charge in [-0.15, -0.1) is 0 Å². The molecule has 0 saturated heterocycles. The van der Waals surface area contributed by atoms with E-state index in [1.807, 2.05) is 96.3 Å². The Hall–Kier alpha value is -6.07. The number of aromatic nitrogens is 4. The van der Waals surface area contributed by atoms with Crippen molar-refractivity contribution in [3.8, 4) is 44.5 Å². The van der Waals surface area contributed by atoms with Gasteiger partial charge in [-0.25, -0.2) is 14.2 Å². The van der Waals surface area contributed by atoms with Crippen LogP contribution in [0.25, 0.3) is 66.3 Å². The predicted molar refractivity (Wildman–Crippen MR) is 205 cm³/mol. The van der Waals surface area contributed by atoms with Crippen LogP contribution in [0.4, 0.5) is 0 Å². The Kier molecular flexibility index (Phi) is 11.1. The fraction of sp³-hybridized carbons (Fsp3) is 0.0909. The molecule has 8 aromatic rings. The van der Waals surface area contributed by atoms with Gasteiger partial charge in [-0.3, -0.25) is 4.98 Å². The lowest BCUT2D eigenvalue weighted by Crippen LogP contribution is -3.00. The topological polar surface area (TPSA) is 90.1 Å². The number of nitrogens with one attached hydrogen (secondary N) is 1. The number of carbonyl (C=O) groups excluding carboxylic acids is 2. The van der Waals surface area contributed by atoms with Crippen LogP contribution >= 0.6 is 0 Å². The molecule has 8 nitrogen and oxygen atoms in total. The zero-order valence-corrected chi connectivity index (χ0v) is 31.9. The molecule has 8 rings (SSSR count). The van der Waals surface area contributed by atoms with Gasteiger partial charge in [0.25, 0.3) is 0 Å². The van der Waals surface area contributed by atoms with Crippen molar-refractivity contribution in [1.29, 1.82) is 0 Å². The Morgan fingerprint density at radius 3 is 1.75 bits per heavy atom. The van der Waals surface area contributed by atoms with Crippen molar-refractivity contribution in [2.24, 2.45) is 14.1 Å². The van der Waals surface area contributed by atoms with Gasteiger partial charge in [0, 0.05) is 29.6 Å².